The van der Waals surface area contributed by atoms with Gasteiger partial charge in [-0.1, -0.05) is 39.0 Å². The molecule has 0 saturated carbocycles. The van der Waals surface area contributed by atoms with Crippen molar-refractivity contribution in [2.75, 3.05) is 5.32 Å². The first kappa shape index (κ1) is 17.0. The van der Waals surface area contributed by atoms with Gasteiger partial charge < -0.3 is 11.1 Å². The zero-order chi connectivity index (χ0) is 17.4. The molecule has 0 radical (unpaired) electrons. The fraction of sp³-hybridized carbons (Fsp3) is 0.412. The lowest BCUT2D eigenvalue weighted by atomic mass is 9.87. The number of anilines is 1. The Morgan fingerprint density at radius 3 is 2.30 bits per heavy atom. The topological polar surface area (TPSA) is 82.1 Å². The van der Waals surface area contributed by atoms with Gasteiger partial charge in [-0.05, 0) is 24.5 Å². The third-order valence-electron chi connectivity index (χ3n) is 4.02. The molecule has 0 aliphatic rings. The van der Waals surface area contributed by atoms with Crippen LogP contribution in [0.2, 0.25) is 0 Å². The number of carbonyl (C=O) groups is 1. The molecule has 0 saturated heterocycles. The van der Waals surface area contributed by atoms with Crippen molar-refractivity contribution in [1.82, 2.24) is 9.36 Å². The zero-order valence-corrected chi connectivity index (χ0v) is 14.3. The molecule has 1 aromatic carbocycles. The number of nitrogens with two attached hydrogens (primary N) is 1. The van der Waals surface area contributed by atoms with Crippen molar-refractivity contribution in [2.24, 2.45) is 18.2 Å². The van der Waals surface area contributed by atoms with Crippen LogP contribution >= 0.6 is 0 Å². The van der Waals surface area contributed by atoms with Gasteiger partial charge in [-0.2, -0.15) is 0 Å². The van der Waals surface area contributed by atoms with Crippen molar-refractivity contribution < 1.29 is 4.79 Å². The van der Waals surface area contributed by atoms with Crippen LogP contribution in [0.3, 0.4) is 0 Å². The molecule has 3 N–H and O–H groups in total. The Bertz CT molecular complexity index is 766. The Labute approximate surface area is 135 Å². The van der Waals surface area contributed by atoms with Gasteiger partial charge in [0.15, 0.2) is 0 Å². The summed E-state index contributed by atoms with van der Waals surface area (Å²) in [7, 11) is 1.78. The number of rotatable bonds is 3. The summed E-state index contributed by atoms with van der Waals surface area (Å²) in [5.74, 6) is -0.358. The molecule has 0 spiro atoms. The van der Waals surface area contributed by atoms with Gasteiger partial charge in [0.05, 0.1) is 17.4 Å². The highest BCUT2D eigenvalue weighted by atomic mass is 16.2. The maximum absolute atomic E-state index is 12.7. The normalized spacial score (nSPS) is 13.0. The number of aromatic nitrogens is 2. The summed E-state index contributed by atoms with van der Waals surface area (Å²) in [5, 5.41) is 2.70. The molecule has 0 fully saturated rings. The highest BCUT2D eigenvalue weighted by Crippen LogP contribution is 2.20. The molecule has 1 amide bonds. The molecule has 6 heteroatoms. The molecule has 0 unspecified atom stereocenters. The number of amides is 1. The molecule has 23 heavy (non-hydrogen) atoms. The Hall–Kier alpha value is -2.34. The maximum Gasteiger partial charge on any atom is 0.295 e. The van der Waals surface area contributed by atoms with Crippen molar-refractivity contribution in [3.63, 3.8) is 0 Å². The molecule has 0 aliphatic carbocycles. The molecular formula is C17H24N4O2. The van der Waals surface area contributed by atoms with Gasteiger partial charge in [0.1, 0.15) is 5.69 Å². The lowest BCUT2D eigenvalue weighted by Crippen LogP contribution is -2.46. The van der Waals surface area contributed by atoms with Crippen LogP contribution in [0.15, 0.2) is 35.1 Å². The second-order valence-corrected chi connectivity index (χ2v) is 6.77. The van der Waals surface area contributed by atoms with E-state index < -0.39 is 6.04 Å². The number of nitrogens with one attached hydrogen (secondary N) is 1. The SMILES string of the molecule is Cc1c(NC(=O)[C@@H](N)C(C)(C)C)c(=O)n(-c2ccccc2)n1C. The lowest BCUT2D eigenvalue weighted by Gasteiger charge is -2.25. The minimum absolute atomic E-state index is 0.265. The van der Waals surface area contributed by atoms with E-state index in [0.29, 0.717) is 5.69 Å². The number of hydrogen-bond donors (Lipinski definition) is 2. The monoisotopic (exact) mass is 316 g/mol. The highest BCUT2D eigenvalue weighted by molar-refractivity contribution is 5.95. The van der Waals surface area contributed by atoms with E-state index in [4.69, 9.17) is 5.73 Å². The average Bonchev–Trinajstić information content (AvgIpc) is 2.70. The predicted molar refractivity (Wildman–Crippen MR) is 91.8 cm³/mol. The maximum atomic E-state index is 12.7. The molecule has 2 rings (SSSR count). The molecule has 0 aliphatic heterocycles. The van der Waals surface area contributed by atoms with Crippen LogP contribution in [-0.2, 0) is 11.8 Å². The van der Waals surface area contributed by atoms with Crippen molar-refractivity contribution >= 4 is 11.6 Å². The molecule has 124 valence electrons. The van der Waals surface area contributed by atoms with E-state index in [2.05, 4.69) is 5.32 Å². The van der Waals surface area contributed by atoms with Crippen LogP contribution in [0.5, 0.6) is 0 Å². The third kappa shape index (κ3) is 3.22. The first-order valence-corrected chi connectivity index (χ1v) is 7.55. The van der Waals surface area contributed by atoms with E-state index in [1.807, 2.05) is 51.1 Å². The largest absolute Gasteiger partial charge is 0.319 e. The molecule has 2 aromatic rings. The summed E-state index contributed by atoms with van der Waals surface area (Å²) in [4.78, 5) is 25.0. The number of carbonyl (C=O) groups excluding carboxylic acids is 1. The van der Waals surface area contributed by atoms with E-state index in [1.54, 1.807) is 18.7 Å². The van der Waals surface area contributed by atoms with Crippen LogP contribution in [-0.4, -0.2) is 21.3 Å². The highest BCUT2D eigenvalue weighted by Gasteiger charge is 2.29. The van der Waals surface area contributed by atoms with Crippen LogP contribution in [0, 0.1) is 12.3 Å². The van der Waals surface area contributed by atoms with Crippen molar-refractivity contribution in [3.05, 3.63) is 46.4 Å². The number of para-hydroxylation sites is 1. The van der Waals surface area contributed by atoms with Gasteiger partial charge in [-0.25, -0.2) is 4.68 Å². The first-order chi connectivity index (χ1) is 10.6. The predicted octanol–water partition coefficient (Wildman–Crippen LogP) is 1.80. The minimum Gasteiger partial charge on any atom is -0.319 e. The van der Waals surface area contributed by atoms with Gasteiger partial charge in [-0.3, -0.25) is 14.3 Å². The molecule has 0 bridgehead atoms. The Morgan fingerprint density at radius 1 is 1.22 bits per heavy atom. The van der Waals surface area contributed by atoms with Crippen molar-refractivity contribution in [1.29, 1.82) is 0 Å². The van der Waals surface area contributed by atoms with Gasteiger partial charge in [-0.15, -0.1) is 0 Å². The summed E-state index contributed by atoms with van der Waals surface area (Å²) >= 11 is 0. The van der Waals surface area contributed by atoms with Gasteiger partial charge in [0.2, 0.25) is 5.91 Å². The summed E-state index contributed by atoms with van der Waals surface area (Å²) in [5.41, 5.74) is 6.99. The van der Waals surface area contributed by atoms with Gasteiger partial charge >= 0.3 is 0 Å². The quantitative estimate of drug-likeness (QED) is 0.906. The average molecular weight is 316 g/mol. The van der Waals surface area contributed by atoms with Crippen molar-refractivity contribution in [3.8, 4) is 5.69 Å². The second kappa shape index (κ2) is 6.04. The van der Waals surface area contributed by atoms with Crippen LogP contribution < -0.4 is 16.6 Å². The van der Waals surface area contributed by atoms with Gasteiger partial charge in [0, 0.05) is 7.05 Å². The summed E-state index contributed by atoms with van der Waals surface area (Å²) < 4.78 is 3.24. The smallest absolute Gasteiger partial charge is 0.295 e. The van der Waals surface area contributed by atoms with Crippen LogP contribution in [0.4, 0.5) is 5.69 Å². The Balaban J connectivity index is 2.43. The summed E-state index contributed by atoms with van der Waals surface area (Å²) in [6.07, 6.45) is 0. The van der Waals surface area contributed by atoms with Crippen LogP contribution in [0.1, 0.15) is 26.5 Å². The minimum atomic E-state index is -0.702. The van der Waals surface area contributed by atoms with Crippen molar-refractivity contribution in [2.45, 2.75) is 33.7 Å². The third-order valence-corrected chi connectivity index (χ3v) is 4.02. The fourth-order valence-corrected chi connectivity index (χ4v) is 2.31. The zero-order valence-electron chi connectivity index (χ0n) is 14.3. The molecular weight excluding hydrogens is 292 g/mol. The summed E-state index contributed by atoms with van der Waals surface area (Å²) in [6, 6.07) is 8.58. The molecule has 1 atom stereocenters. The van der Waals surface area contributed by atoms with E-state index in [1.165, 1.54) is 4.68 Å². The summed E-state index contributed by atoms with van der Waals surface area (Å²) in [6.45, 7) is 7.45. The first-order valence-electron chi connectivity index (χ1n) is 7.55. The number of benzene rings is 1. The molecule has 6 nitrogen and oxygen atoms in total. The Kier molecular flexibility index (Phi) is 4.47. The van der Waals surface area contributed by atoms with Crippen LogP contribution in [0.25, 0.3) is 5.69 Å². The van der Waals surface area contributed by atoms with E-state index >= 15 is 0 Å². The number of nitrogens with zero attached hydrogens (tertiary/aromatic N) is 2. The molecule has 1 aromatic heterocycles. The van der Waals surface area contributed by atoms with E-state index in [9.17, 15) is 9.59 Å². The fourth-order valence-electron chi connectivity index (χ4n) is 2.31. The number of hydrogen-bond acceptors (Lipinski definition) is 3. The standard InChI is InChI=1S/C17H24N4O2/c1-11-13(19-15(22)14(18)17(2,3)4)16(23)21(20(11)5)12-9-7-6-8-10-12/h6-10,14H,18H2,1-5H3,(H,19,22)/t14-/m1/s1. The van der Waals surface area contributed by atoms with Gasteiger partial charge in [0.25, 0.3) is 5.56 Å². The van der Waals surface area contributed by atoms with E-state index in [-0.39, 0.29) is 22.6 Å². The lowest BCUT2D eigenvalue weighted by molar-refractivity contribution is -0.119. The van der Waals surface area contributed by atoms with E-state index in [0.717, 1.165) is 5.69 Å². The molecule has 1 heterocycles. The second-order valence-electron chi connectivity index (χ2n) is 6.77. The Morgan fingerprint density at radius 2 is 1.78 bits per heavy atom.